The van der Waals surface area contributed by atoms with Crippen molar-refractivity contribution in [3.8, 4) is 0 Å². The van der Waals surface area contributed by atoms with Crippen LogP contribution in [0, 0.1) is 0 Å². The average Bonchev–Trinajstić information content (AvgIpc) is 2.57. The Hall–Kier alpha value is -1.85. The van der Waals surface area contributed by atoms with E-state index < -0.39 is 42.4 Å². The fourth-order valence-corrected chi connectivity index (χ4v) is 2.35. The molecule has 0 aromatic carbocycles. The summed E-state index contributed by atoms with van der Waals surface area (Å²) in [5.41, 5.74) is 0. The van der Waals surface area contributed by atoms with E-state index in [1.54, 1.807) is 0 Å². The summed E-state index contributed by atoms with van der Waals surface area (Å²) in [6, 6.07) is -2.27. The molecule has 11 heteroatoms. The Morgan fingerprint density at radius 1 is 1.15 bits per heavy atom. The number of carboxylic acid groups (broad SMARTS) is 2. The van der Waals surface area contributed by atoms with Gasteiger partial charge in [-0.05, 0) is 12.8 Å². The van der Waals surface area contributed by atoms with E-state index in [1.165, 1.54) is 0 Å². The SMILES string of the molecule is CCCCCN(O)C(CCC(=O)NC(CS)C(=O)NCC(=O)O)C(=O)O. The van der Waals surface area contributed by atoms with Crippen molar-refractivity contribution in [2.75, 3.05) is 18.8 Å². The normalized spacial score (nSPS) is 13.1. The van der Waals surface area contributed by atoms with E-state index in [9.17, 15) is 29.5 Å². The van der Waals surface area contributed by atoms with Crippen LogP contribution < -0.4 is 10.6 Å². The van der Waals surface area contributed by atoms with Crippen molar-refractivity contribution in [3.63, 3.8) is 0 Å². The summed E-state index contributed by atoms with van der Waals surface area (Å²) in [5.74, 6) is -3.82. The molecule has 0 heterocycles. The lowest BCUT2D eigenvalue weighted by Gasteiger charge is -2.22. The molecular weight excluding hydrogens is 366 g/mol. The molecule has 0 rings (SSSR count). The summed E-state index contributed by atoms with van der Waals surface area (Å²) in [7, 11) is 0. The van der Waals surface area contributed by atoms with E-state index in [4.69, 9.17) is 5.11 Å². The molecule has 10 nitrogen and oxygen atoms in total. The third-order valence-electron chi connectivity index (χ3n) is 3.53. The minimum atomic E-state index is -1.25. The van der Waals surface area contributed by atoms with Gasteiger partial charge in [0.05, 0.1) is 0 Å². The van der Waals surface area contributed by atoms with Gasteiger partial charge in [-0.1, -0.05) is 19.8 Å². The molecule has 0 aromatic rings. The van der Waals surface area contributed by atoms with Gasteiger partial charge >= 0.3 is 11.9 Å². The third-order valence-corrected chi connectivity index (χ3v) is 3.89. The molecule has 0 bridgehead atoms. The van der Waals surface area contributed by atoms with Crippen molar-refractivity contribution in [2.24, 2.45) is 0 Å². The number of nitrogens with one attached hydrogen (secondary N) is 2. The molecule has 2 unspecified atom stereocenters. The van der Waals surface area contributed by atoms with E-state index in [1.807, 2.05) is 6.92 Å². The number of hydrogen-bond donors (Lipinski definition) is 6. The second-order valence-electron chi connectivity index (χ2n) is 5.68. The predicted octanol–water partition coefficient (Wildman–Crippen LogP) is -0.283. The maximum Gasteiger partial charge on any atom is 0.323 e. The maximum absolute atomic E-state index is 11.9. The number of carbonyl (C=O) groups excluding carboxylic acids is 2. The maximum atomic E-state index is 11.9. The van der Waals surface area contributed by atoms with Crippen molar-refractivity contribution >= 4 is 36.4 Å². The number of thiol groups is 1. The topological polar surface area (TPSA) is 156 Å². The molecule has 0 saturated heterocycles. The van der Waals surface area contributed by atoms with Gasteiger partial charge < -0.3 is 26.1 Å². The first-order chi connectivity index (χ1) is 12.2. The second-order valence-corrected chi connectivity index (χ2v) is 6.04. The summed E-state index contributed by atoms with van der Waals surface area (Å²) in [6.07, 6.45) is 2.04. The van der Waals surface area contributed by atoms with Gasteiger partial charge in [-0.2, -0.15) is 17.7 Å². The van der Waals surface area contributed by atoms with E-state index in [0.29, 0.717) is 11.5 Å². The van der Waals surface area contributed by atoms with Crippen molar-refractivity contribution in [1.82, 2.24) is 15.7 Å². The number of nitrogens with zero attached hydrogens (tertiary/aromatic N) is 1. The number of carbonyl (C=O) groups is 4. The van der Waals surface area contributed by atoms with E-state index in [0.717, 1.165) is 12.8 Å². The highest BCUT2D eigenvalue weighted by Crippen LogP contribution is 2.08. The minimum absolute atomic E-state index is 0.0529. The van der Waals surface area contributed by atoms with Crippen molar-refractivity contribution < 1.29 is 34.6 Å². The Morgan fingerprint density at radius 2 is 1.81 bits per heavy atom. The summed E-state index contributed by atoms with van der Waals surface area (Å²) >= 11 is 3.93. The lowest BCUT2D eigenvalue weighted by Crippen LogP contribution is -2.49. The van der Waals surface area contributed by atoms with Crippen LogP contribution in [0.2, 0.25) is 0 Å². The predicted molar refractivity (Wildman–Crippen MR) is 95.1 cm³/mol. The highest BCUT2D eigenvalue weighted by molar-refractivity contribution is 7.80. The number of unbranched alkanes of at least 4 members (excludes halogenated alkanes) is 2. The molecule has 0 fully saturated rings. The van der Waals surface area contributed by atoms with E-state index in [-0.39, 0.29) is 25.1 Å². The van der Waals surface area contributed by atoms with E-state index >= 15 is 0 Å². The first-order valence-corrected chi connectivity index (χ1v) is 8.94. The Labute approximate surface area is 157 Å². The molecular formula is C15H27N3O7S. The molecule has 0 aromatic heterocycles. The molecule has 0 spiro atoms. The Kier molecular flexibility index (Phi) is 12.4. The molecule has 2 amide bonds. The number of rotatable bonds is 14. The standard InChI is InChI=1S/C15H27N3O7S/c1-2-3-4-7-18(25)11(15(23)24)5-6-12(19)17-10(9-26)14(22)16-8-13(20)21/h10-11,25-26H,2-9H2,1H3,(H,16,22)(H,17,19)(H,20,21)(H,23,24). The van der Waals surface area contributed by atoms with Gasteiger partial charge in [0.25, 0.3) is 0 Å². The quantitative estimate of drug-likeness (QED) is 0.134. The van der Waals surface area contributed by atoms with Crippen molar-refractivity contribution in [2.45, 2.75) is 51.1 Å². The molecule has 0 radical (unpaired) electrons. The zero-order valence-corrected chi connectivity index (χ0v) is 15.6. The van der Waals surface area contributed by atoms with Gasteiger partial charge in [0.15, 0.2) is 0 Å². The fourth-order valence-electron chi connectivity index (χ4n) is 2.09. The summed E-state index contributed by atoms with van der Waals surface area (Å²) in [4.78, 5) is 45.4. The molecule has 26 heavy (non-hydrogen) atoms. The van der Waals surface area contributed by atoms with Gasteiger partial charge in [-0.15, -0.1) is 0 Å². The Bertz CT molecular complexity index is 490. The van der Waals surface area contributed by atoms with Gasteiger partial charge in [0, 0.05) is 18.7 Å². The largest absolute Gasteiger partial charge is 0.480 e. The van der Waals surface area contributed by atoms with Gasteiger partial charge in [-0.25, -0.2) is 0 Å². The van der Waals surface area contributed by atoms with Crippen LogP contribution in [0.5, 0.6) is 0 Å². The Morgan fingerprint density at radius 3 is 2.31 bits per heavy atom. The molecule has 0 saturated carbocycles. The third kappa shape index (κ3) is 10.2. The second kappa shape index (κ2) is 13.4. The zero-order valence-electron chi connectivity index (χ0n) is 14.7. The monoisotopic (exact) mass is 393 g/mol. The van der Waals surface area contributed by atoms with Crippen LogP contribution >= 0.6 is 12.6 Å². The molecule has 0 aliphatic rings. The number of hydroxylamine groups is 2. The number of amides is 2. The van der Waals surface area contributed by atoms with Crippen LogP contribution in [-0.2, 0) is 19.2 Å². The van der Waals surface area contributed by atoms with Gasteiger partial charge in [-0.3, -0.25) is 19.2 Å². The van der Waals surface area contributed by atoms with Crippen molar-refractivity contribution in [3.05, 3.63) is 0 Å². The molecule has 5 N–H and O–H groups in total. The number of carboxylic acids is 2. The fraction of sp³-hybridized carbons (Fsp3) is 0.733. The van der Waals surface area contributed by atoms with Crippen LogP contribution in [0.3, 0.4) is 0 Å². The van der Waals surface area contributed by atoms with Crippen LogP contribution in [0.25, 0.3) is 0 Å². The van der Waals surface area contributed by atoms with E-state index in [2.05, 4.69) is 23.3 Å². The molecule has 0 aliphatic heterocycles. The highest BCUT2D eigenvalue weighted by Gasteiger charge is 2.26. The molecule has 150 valence electrons. The average molecular weight is 393 g/mol. The highest BCUT2D eigenvalue weighted by atomic mass is 32.1. The molecule has 2 atom stereocenters. The minimum Gasteiger partial charge on any atom is -0.480 e. The van der Waals surface area contributed by atoms with Crippen LogP contribution in [-0.4, -0.2) is 75.2 Å². The van der Waals surface area contributed by atoms with Crippen LogP contribution in [0.4, 0.5) is 0 Å². The van der Waals surface area contributed by atoms with Crippen LogP contribution in [0.1, 0.15) is 39.0 Å². The van der Waals surface area contributed by atoms with Gasteiger partial charge in [0.1, 0.15) is 18.6 Å². The Balaban J connectivity index is 4.50. The number of hydrogen-bond acceptors (Lipinski definition) is 7. The zero-order chi connectivity index (χ0) is 20.1. The van der Waals surface area contributed by atoms with Crippen molar-refractivity contribution in [1.29, 1.82) is 0 Å². The summed E-state index contributed by atoms with van der Waals surface area (Å²) in [6.45, 7) is 1.58. The number of aliphatic carboxylic acids is 2. The first kappa shape index (κ1) is 24.1. The summed E-state index contributed by atoms with van der Waals surface area (Å²) < 4.78 is 0. The molecule has 0 aliphatic carbocycles. The summed E-state index contributed by atoms with van der Waals surface area (Å²) in [5, 5.41) is 32.7. The van der Waals surface area contributed by atoms with Gasteiger partial charge in [0.2, 0.25) is 11.8 Å². The lowest BCUT2D eigenvalue weighted by atomic mass is 10.1. The van der Waals surface area contributed by atoms with Crippen LogP contribution in [0.15, 0.2) is 0 Å². The first-order valence-electron chi connectivity index (χ1n) is 8.30. The lowest BCUT2D eigenvalue weighted by molar-refractivity contribution is -0.171. The smallest absolute Gasteiger partial charge is 0.323 e.